The second-order valence-corrected chi connectivity index (χ2v) is 5.18. The summed E-state index contributed by atoms with van der Waals surface area (Å²) < 4.78 is 5.58. The minimum Gasteiger partial charge on any atom is -0.491 e. The van der Waals surface area contributed by atoms with Crippen LogP contribution in [-0.2, 0) is 0 Å². The van der Waals surface area contributed by atoms with E-state index in [2.05, 4.69) is 10.3 Å². The molecule has 0 radical (unpaired) electrons. The van der Waals surface area contributed by atoms with E-state index >= 15 is 0 Å². The number of amides is 1. The van der Waals surface area contributed by atoms with Crippen molar-refractivity contribution in [2.24, 2.45) is 0 Å². The Morgan fingerprint density at radius 3 is 2.71 bits per heavy atom. The van der Waals surface area contributed by atoms with Crippen LogP contribution in [0.4, 0.5) is 5.69 Å². The van der Waals surface area contributed by atoms with Crippen molar-refractivity contribution in [3.63, 3.8) is 0 Å². The summed E-state index contributed by atoms with van der Waals surface area (Å²) in [5.41, 5.74) is 0.728. The lowest BCUT2D eigenvalue weighted by atomic mass is 10.2. The van der Waals surface area contributed by atoms with Crippen LogP contribution in [-0.4, -0.2) is 17.5 Å². The monoisotopic (exact) mass is 324 g/mol. The lowest BCUT2D eigenvalue weighted by molar-refractivity contribution is 0.102. The number of ether oxygens (including phenoxy) is 1. The summed E-state index contributed by atoms with van der Waals surface area (Å²) in [7, 11) is 0. The van der Waals surface area contributed by atoms with Crippen molar-refractivity contribution in [3.8, 4) is 5.75 Å². The van der Waals surface area contributed by atoms with Crippen LogP contribution >= 0.6 is 23.2 Å². The minimum absolute atomic E-state index is 0.226. The maximum Gasteiger partial charge on any atom is 0.274 e. The molecule has 6 heteroatoms. The number of carbonyl (C=O) groups is 1. The molecule has 110 valence electrons. The summed E-state index contributed by atoms with van der Waals surface area (Å²) in [6.07, 6.45) is 2.34. The Bertz CT molecular complexity index is 647. The van der Waals surface area contributed by atoms with Crippen LogP contribution in [0.2, 0.25) is 10.0 Å². The van der Waals surface area contributed by atoms with Gasteiger partial charge in [0.15, 0.2) is 0 Å². The first-order valence-electron chi connectivity index (χ1n) is 6.45. The molecule has 0 atom stereocenters. The third-order valence-electron chi connectivity index (χ3n) is 2.61. The number of halogens is 2. The third-order valence-corrected chi connectivity index (χ3v) is 3.08. The summed E-state index contributed by atoms with van der Waals surface area (Å²) in [4.78, 5) is 16.2. The van der Waals surface area contributed by atoms with Crippen LogP contribution in [0.25, 0.3) is 0 Å². The van der Waals surface area contributed by atoms with Gasteiger partial charge in [0.05, 0.1) is 12.3 Å². The lowest BCUT2D eigenvalue weighted by Gasteiger charge is -2.12. The molecule has 4 nitrogen and oxygen atoms in total. The highest BCUT2D eigenvalue weighted by molar-refractivity contribution is 6.31. The summed E-state index contributed by atoms with van der Waals surface area (Å²) in [6.45, 7) is 2.56. The predicted octanol–water partition coefficient (Wildman–Crippen LogP) is 4.43. The second kappa shape index (κ2) is 7.29. The molecule has 0 unspecified atom stereocenters. The van der Waals surface area contributed by atoms with Crippen molar-refractivity contribution < 1.29 is 9.53 Å². The number of nitrogens with one attached hydrogen (secondary N) is 1. The smallest absolute Gasteiger partial charge is 0.274 e. The SMILES string of the molecule is CCCOc1ccc(Cl)cc1NC(=O)c1cc(Cl)ccn1. The fourth-order valence-corrected chi connectivity index (χ4v) is 1.98. The van der Waals surface area contributed by atoms with Crippen LogP contribution in [0.1, 0.15) is 23.8 Å². The number of pyridine rings is 1. The molecule has 0 aliphatic heterocycles. The molecule has 1 amide bonds. The average molecular weight is 325 g/mol. The van der Waals surface area contributed by atoms with Crippen molar-refractivity contribution in [3.05, 3.63) is 52.3 Å². The third kappa shape index (κ3) is 4.34. The van der Waals surface area contributed by atoms with E-state index in [1.54, 1.807) is 24.3 Å². The Labute approximate surface area is 133 Å². The van der Waals surface area contributed by atoms with E-state index in [1.807, 2.05) is 6.92 Å². The molecular weight excluding hydrogens is 311 g/mol. The number of carbonyl (C=O) groups excluding carboxylic acids is 1. The molecule has 1 aromatic carbocycles. The van der Waals surface area contributed by atoms with Gasteiger partial charge in [-0.1, -0.05) is 30.1 Å². The fraction of sp³-hybridized carbons (Fsp3) is 0.200. The van der Waals surface area contributed by atoms with E-state index in [1.165, 1.54) is 12.3 Å². The molecular formula is C15H14Cl2N2O2. The molecule has 2 rings (SSSR count). The van der Waals surface area contributed by atoms with Gasteiger partial charge < -0.3 is 10.1 Å². The normalized spacial score (nSPS) is 10.2. The van der Waals surface area contributed by atoms with Gasteiger partial charge >= 0.3 is 0 Å². The molecule has 0 aliphatic rings. The van der Waals surface area contributed by atoms with Gasteiger partial charge in [0.2, 0.25) is 0 Å². The van der Waals surface area contributed by atoms with Crippen molar-refractivity contribution >= 4 is 34.8 Å². The van der Waals surface area contributed by atoms with Crippen LogP contribution in [0, 0.1) is 0 Å². The first-order valence-corrected chi connectivity index (χ1v) is 7.21. The van der Waals surface area contributed by atoms with E-state index in [4.69, 9.17) is 27.9 Å². The number of aromatic nitrogens is 1. The van der Waals surface area contributed by atoms with Gasteiger partial charge in [-0.25, -0.2) is 0 Å². The summed E-state index contributed by atoms with van der Waals surface area (Å²) in [5.74, 6) is 0.192. The number of nitrogens with zero attached hydrogens (tertiary/aromatic N) is 1. The van der Waals surface area contributed by atoms with Gasteiger partial charge in [-0.15, -0.1) is 0 Å². The zero-order chi connectivity index (χ0) is 15.2. The lowest BCUT2D eigenvalue weighted by Crippen LogP contribution is -2.14. The Morgan fingerprint density at radius 2 is 2.00 bits per heavy atom. The molecule has 0 spiro atoms. The molecule has 1 heterocycles. The maximum atomic E-state index is 12.2. The number of rotatable bonds is 5. The van der Waals surface area contributed by atoms with Gasteiger partial charge in [0, 0.05) is 16.2 Å². The topological polar surface area (TPSA) is 51.2 Å². The maximum absolute atomic E-state index is 12.2. The fourth-order valence-electron chi connectivity index (χ4n) is 1.65. The molecule has 1 N–H and O–H groups in total. The van der Waals surface area contributed by atoms with Crippen molar-refractivity contribution in [1.29, 1.82) is 0 Å². The van der Waals surface area contributed by atoms with Crippen LogP contribution in [0.5, 0.6) is 5.75 Å². The standard InChI is InChI=1S/C15H14Cl2N2O2/c1-2-7-21-14-4-3-10(16)8-12(14)19-15(20)13-9-11(17)5-6-18-13/h3-6,8-9H,2,7H2,1H3,(H,19,20). The summed E-state index contributed by atoms with van der Waals surface area (Å²) in [5, 5.41) is 3.69. The molecule has 0 saturated carbocycles. The van der Waals surface area contributed by atoms with Gasteiger partial charge in [-0.05, 0) is 36.8 Å². The molecule has 0 saturated heterocycles. The van der Waals surface area contributed by atoms with Gasteiger partial charge in [-0.2, -0.15) is 0 Å². The molecule has 21 heavy (non-hydrogen) atoms. The average Bonchev–Trinajstić information content (AvgIpc) is 2.46. The quantitative estimate of drug-likeness (QED) is 0.885. The highest BCUT2D eigenvalue weighted by Gasteiger charge is 2.12. The van der Waals surface area contributed by atoms with Gasteiger partial charge in [-0.3, -0.25) is 9.78 Å². The Morgan fingerprint density at radius 1 is 1.24 bits per heavy atom. The highest BCUT2D eigenvalue weighted by Crippen LogP contribution is 2.28. The van der Waals surface area contributed by atoms with Crippen molar-refractivity contribution in [2.75, 3.05) is 11.9 Å². The van der Waals surface area contributed by atoms with Crippen LogP contribution in [0.15, 0.2) is 36.5 Å². The Kier molecular flexibility index (Phi) is 5.42. The number of anilines is 1. The van der Waals surface area contributed by atoms with Gasteiger partial charge in [0.25, 0.3) is 5.91 Å². The van der Waals surface area contributed by atoms with Gasteiger partial charge in [0.1, 0.15) is 11.4 Å². The molecule has 0 aliphatic carbocycles. The summed E-state index contributed by atoms with van der Waals surface area (Å²) in [6, 6.07) is 8.16. The predicted molar refractivity (Wildman–Crippen MR) is 84.4 cm³/mol. The number of hydrogen-bond acceptors (Lipinski definition) is 3. The van der Waals surface area contributed by atoms with Crippen molar-refractivity contribution in [2.45, 2.75) is 13.3 Å². The first kappa shape index (κ1) is 15.6. The van der Waals surface area contributed by atoms with E-state index < -0.39 is 0 Å². The second-order valence-electron chi connectivity index (χ2n) is 4.30. The number of hydrogen-bond donors (Lipinski definition) is 1. The Hall–Kier alpha value is -1.78. The van der Waals surface area contributed by atoms with E-state index in [0.717, 1.165) is 6.42 Å². The minimum atomic E-state index is -0.374. The zero-order valence-electron chi connectivity index (χ0n) is 11.4. The van der Waals surface area contributed by atoms with Crippen LogP contribution < -0.4 is 10.1 Å². The molecule has 0 bridgehead atoms. The highest BCUT2D eigenvalue weighted by atomic mass is 35.5. The van der Waals surface area contributed by atoms with E-state index in [9.17, 15) is 4.79 Å². The summed E-state index contributed by atoms with van der Waals surface area (Å²) >= 11 is 11.8. The molecule has 1 aromatic heterocycles. The first-order chi connectivity index (χ1) is 10.1. The largest absolute Gasteiger partial charge is 0.491 e. The molecule has 2 aromatic rings. The van der Waals surface area contributed by atoms with Crippen molar-refractivity contribution in [1.82, 2.24) is 4.98 Å². The van der Waals surface area contributed by atoms with E-state index in [0.29, 0.717) is 28.1 Å². The zero-order valence-corrected chi connectivity index (χ0v) is 12.9. The Balaban J connectivity index is 2.21. The number of benzene rings is 1. The van der Waals surface area contributed by atoms with Crippen LogP contribution in [0.3, 0.4) is 0 Å². The van der Waals surface area contributed by atoms with E-state index in [-0.39, 0.29) is 11.6 Å². The molecule has 0 fully saturated rings.